The normalized spacial score (nSPS) is 11.1. The molecule has 2 N–H and O–H groups in total. The lowest BCUT2D eigenvalue weighted by molar-refractivity contribution is -0.672. The number of ether oxygens (including phenoxy) is 2. The standard InChI is InChI=1S/C30H22N4O5S/c1-37-19-13-14-23(38-2)20(15-19)21-16-22(17-9-5-3-6-10-17)32-29-24(21)25(31)28(40-29)27(35)26-30(36)39-33-34(26)18-11-7-4-8-12-18/h3-16H,1-2H3,(H2-,31,33,35,36). The van der Waals surface area contributed by atoms with Crippen molar-refractivity contribution < 1.29 is 28.6 Å². The number of carbonyl (C=O) groups is 1. The van der Waals surface area contributed by atoms with E-state index in [-0.39, 0.29) is 16.3 Å². The fraction of sp³-hybridized carbons (Fsp3) is 0.0667. The second-order valence-electron chi connectivity index (χ2n) is 8.80. The molecule has 0 bridgehead atoms. The zero-order chi connectivity index (χ0) is 27.8. The number of nitrogen functional groups attached to an aromatic ring is 1. The highest BCUT2D eigenvalue weighted by molar-refractivity contribution is 7.21. The molecule has 10 heteroatoms. The summed E-state index contributed by atoms with van der Waals surface area (Å²) >= 11 is 1.10. The van der Waals surface area contributed by atoms with E-state index in [9.17, 15) is 9.90 Å². The molecular formula is C30H22N4O5S. The lowest BCUT2D eigenvalue weighted by Crippen LogP contribution is -2.39. The van der Waals surface area contributed by atoms with Crippen molar-refractivity contribution in [3.63, 3.8) is 0 Å². The topological polar surface area (TPSA) is 127 Å². The summed E-state index contributed by atoms with van der Waals surface area (Å²) in [6.45, 7) is 0. The molecule has 0 aliphatic rings. The van der Waals surface area contributed by atoms with Crippen molar-refractivity contribution in [1.82, 2.24) is 10.3 Å². The maximum Gasteiger partial charge on any atom is 0.312 e. The number of benzene rings is 3. The molecule has 0 spiro atoms. The molecule has 40 heavy (non-hydrogen) atoms. The summed E-state index contributed by atoms with van der Waals surface area (Å²) in [7, 11) is 3.16. The molecule has 0 fully saturated rings. The third-order valence-electron chi connectivity index (χ3n) is 6.50. The van der Waals surface area contributed by atoms with E-state index in [0.717, 1.165) is 16.9 Å². The Kier molecular flexibility index (Phi) is 6.37. The molecule has 6 rings (SSSR count). The van der Waals surface area contributed by atoms with E-state index >= 15 is 0 Å². The maximum atomic E-state index is 13.9. The minimum Gasteiger partial charge on any atom is -0.539 e. The fourth-order valence-electron chi connectivity index (χ4n) is 4.57. The molecule has 0 radical (unpaired) electrons. The summed E-state index contributed by atoms with van der Waals surface area (Å²) in [6, 6.07) is 25.8. The Labute approximate surface area is 232 Å². The van der Waals surface area contributed by atoms with Crippen molar-refractivity contribution in [2.75, 3.05) is 20.0 Å². The van der Waals surface area contributed by atoms with Crippen LogP contribution in [0.2, 0.25) is 0 Å². The van der Waals surface area contributed by atoms with Gasteiger partial charge in [0.15, 0.2) is 5.95 Å². The lowest BCUT2D eigenvalue weighted by Gasteiger charge is -2.13. The number of pyridine rings is 1. The second-order valence-corrected chi connectivity index (χ2v) is 9.80. The zero-order valence-corrected chi connectivity index (χ0v) is 22.3. The average Bonchev–Trinajstić information content (AvgIpc) is 3.56. The number of anilines is 1. The number of para-hydroxylation sites is 1. The van der Waals surface area contributed by atoms with Gasteiger partial charge in [0.05, 0.1) is 30.9 Å². The number of fused-ring (bicyclic) bond motifs is 1. The summed E-state index contributed by atoms with van der Waals surface area (Å²) in [6.07, 6.45) is 0. The van der Waals surface area contributed by atoms with Crippen LogP contribution >= 0.6 is 11.3 Å². The van der Waals surface area contributed by atoms with Crippen LogP contribution < -0.4 is 25.0 Å². The molecule has 3 heterocycles. The third kappa shape index (κ3) is 4.20. The van der Waals surface area contributed by atoms with E-state index in [0.29, 0.717) is 44.2 Å². The van der Waals surface area contributed by atoms with Gasteiger partial charge >= 0.3 is 5.69 Å². The van der Waals surface area contributed by atoms with Crippen LogP contribution in [-0.2, 0) is 0 Å². The molecule has 3 aromatic heterocycles. The quantitative estimate of drug-likeness (QED) is 0.222. The van der Waals surface area contributed by atoms with Crippen molar-refractivity contribution in [3.05, 3.63) is 95.5 Å². The Hall–Kier alpha value is -5.22. The highest BCUT2D eigenvalue weighted by atomic mass is 32.1. The molecule has 0 saturated heterocycles. The lowest BCUT2D eigenvalue weighted by atomic mass is 9.98. The Morgan fingerprint density at radius 3 is 2.38 bits per heavy atom. The summed E-state index contributed by atoms with van der Waals surface area (Å²) < 4.78 is 17.2. The Morgan fingerprint density at radius 1 is 0.950 bits per heavy atom. The molecule has 9 nitrogen and oxygen atoms in total. The molecule has 0 amide bonds. The smallest absolute Gasteiger partial charge is 0.312 e. The third-order valence-corrected chi connectivity index (χ3v) is 7.60. The summed E-state index contributed by atoms with van der Waals surface area (Å²) in [5.41, 5.74) is 10.1. The largest absolute Gasteiger partial charge is 0.539 e. The van der Waals surface area contributed by atoms with Crippen molar-refractivity contribution in [3.8, 4) is 45.5 Å². The van der Waals surface area contributed by atoms with Gasteiger partial charge in [-0.3, -0.25) is 4.79 Å². The van der Waals surface area contributed by atoms with E-state index < -0.39 is 11.7 Å². The average molecular weight is 551 g/mol. The number of nitrogens with zero attached hydrogens (tertiary/aromatic N) is 3. The van der Waals surface area contributed by atoms with Crippen molar-refractivity contribution in [1.29, 1.82) is 0 Å². The van der Waals surface area contributed by atoms with E-state index in [1.54, 1.807) is 50.6 Å². The van der Waals surface area contributed by atoms with Crippen molar-refractivity contribution >= 4 is 33.0 Å². The highest BCUT2D eigenvalue weighted by Crippen LogP contribution is 2.45. The number of nitrogens with two attached hydrogens (primary N) is 1. The Morgan fingerprint density at radius 2 is 1.68 bits per heavy atom. The predicted molar refractivity (Wildman–Crippen MR) is 149 cm³/mol. The van der Waals surface area contributed by atoms with Crippen LogP contribution in [0.3, 0.4) is 0 Å². The van der Waals surface area contributed by atoms with Crippen LogP contribution in [0.25, 0.3) is 38.3 Å². The van der Waals surface area contributed by atoms with Crippen LogP contribution in [-0.4, -0.2) is 30.3 Å². The number of thiophene rings is 1. The van der Waals surface area contributed by atoms with E-state index in [1.807, 2.05) is 48.5 Å². The first kappa shape index (κ1) is 25.1. The van der Waals surface area contributed by atoms with Crippen LogP contribution in [0.1, 0.15) is 15.4 Å². The van der Waals surface area contributed by atoms with Gasteiger partial charge in [-0.05, 0) is 28.9 Å². The van der Waals surface area contributed by atoms with E-state index in [2.05, 4.69) is 5.27 Å². The van der Waals surface area contributed by atoms with Crippen LogP contribution in [0.4, 0.5) is 5.69 Å². The maximum absolute atomic E-state index is 13.9. The monoisotopic (exact) mass is 550 g/mol. The molecular weight excluding hydrogens is 528 g/mol. The number of hydrogen-bond acceptors (Lipinski definition) is 9. The SMILES string of the molecule is COc1ccc(OC)c(-c2cc(-c3ccccc3)nc3sc(C(=O)c4c([O-])on[n+]4-c4ccccc4)c(N)c23)c1. The van der Waals surface area contributed by atoms with Crippen LogP contribution in [0.15, 0.2) is 89.5 Å². The molecule has 0 atom stereocenters. The number of hydrogen-bond donors (Lipinski definition) is 1. The van der Waals surface area contributed by atoms with Gasteiger partial charge in [0.1, 0.15) is 21.2 Å². The number of carbonyl (C=O) groups excluding carboxylic acids is 1. The number of aromatic nitrogens is 3. The first-order valence-electron chi connectivity index (χ1n) is 12.2. The predicted octanol–water partition coefficient (Wildman–Crippen LogP) is 4.80. The van der Waals surface area contributed by atoms with E-state index in [1.165, 1.54) is 4.68 Å². The molecule has 3 aromatic carbocycles. The second kappa shape index (κ2) is 10.2. The van der Waals surface area contributed by atoms with E-state index in [4.69, 9.17) is 24.7 Å². The first-order valence-corrected chi connectivity index (χ1v) is 13.0. The fourth-order valence-corrected chi connectivity index (χ4v) is 5.63. The number of rotatable bonds is 7. The van der Waals surface area contributed by atoms with Gasteiger partial charge in [-0.1, -0.05) is 48.5 Å². The number of methoxy groups -OCH3 is 2. The molecule has 0 unspecified atom stereocenters. The van der Waals surface area contributed by atoms with Gasteiger partial charge in [0.25, 0.3) is 5.78 Å². The van der Waals surface area contributed by atoms with Gasteiger partial charge < -0.3 is 24.8 Å². The van der Waals surface area contributed by atoms with Crippen molar-refractivity contribution in [2.24, 2.45) is 0 Å². The number of ketones is 1. The minimum absolute atomic E-state index is 0.154. The first-order chi connectivity index (χ1) is 19.5. The molecule has 0 saturated carbocycles. The minimum atomic E-state index is -0.863. The molecule has 6 aromatic rings. The Balaban J connectivity index is 1.61. The molecule has 0 aliphatic carbocycles. The molecule has 198 valence electrons. The summed E-state index contributed by atoms with van der Waals surface area (Å²) in [4.78, 5) is 19.4. The summed E-state index contributed by atoms with van der Waals surface area (Å²) in [5, 5.41) is 17.1. The van der Waals surface area contributed by atoms with Gasteiger partial charge in [-0.25, -0.2) is 4.98 Å². The van der Waals surface area contributed by atoms with Gasteiger partial charge in [0, 0.05) is 34.2 Å². The van der Waals surface area contributed by atoms with Gasteiger partial charge in [-0.15, -0.1) is 11.3 Å². The highest BCUT2D eigenvalue weighted by Gasteiger charge is 2.33. The Bertz CT molecular complexity index is 1870. The molecule has 0 aliphatic heterocycles. The summed E-state index contributed by atoms with van der Waals surface area (Å²) in [5.74, 6) is -0.260. The van der Waals surface area contributed by atoms with Crippen LogP contribution in [0.5, 0.6) is 17.4 Å². The van der Waals surface area contributed by atoms with Gasteiger partial charge in [-0.2, -0.15) is 0 Å². The van der Waals surface area contributed by atoms with Gasteiger partial charge in [0.2, 0.25) is 5.69 Å². The van der Waals surface area contributed by atoms with Crippen molar-refractivity contribution in [2.45, 2.75) is 0 Å². The zero-order valence-electron chi connectivity index (χ0n) is 21.5. The van der Waals surface area contributed by atoms with Crippen LogP contribution in [0, 0.1) is 0 Å².